The molecule has 0 heterocycles. The summed E-state index contributed by atoms with van der Waals surface area (Å²) in [4.78, 5) is 0. The second-order valence-corrected chi connectivity index (χ2v) is 2.71. The molecule has 0 bridgehead atoms. The van der Waals surface area contributed by atoms with Crippen LogP contribution in [0.15, 0.2) is 17.3 Å². The first-order valence-electron chi connectivity index (χ1n) is 3.43. The summed E-state index contributed by atoms with van der Waals surface area (Å²) in [6.07, 6.45) is 1.19. The molecule has 0 aliphatic heterocycles. The largest absolute Gasteiger partial charge is 0.503 e. The fourth-order valence-electron chi connectivity index (χ4n) is 0.891. The van der Waals surface area contributed by atoms with Crippen LogP contribution < -0.4 is 4.74 Å². The third-order valence-electron chi connectivity index (χ3n) is 1.48. The molecule has 0 aliphatic rings. The van der Waals surface area contributed by atoms with Gasteiger partial charge in [-0.1, -0.05) is 16.8 Å². The fourth-order valence-corrected chi connectivity index (χ4v) is 1.11. The average Bonchev–Trinajstić information content (AvgIpc) is 2.11. The van der Waals surface area contributed by atoms with E-state index in [1.54, 1.807) is 0 Å². The van der Waals surface area contributed by atoms with Crippen LogP contribution in [-0.4, -0.2) is 23.6 Å². The quantitative estimate of drug-likeness (QED) is 0.436. The summed E-state index contributed by atoms with van der Waals surface area (Å²) in [5.74, 6) is 0.113. The summed E-state index contributed by atoms with van der Waals surface area (Å²) in [5.41, 5.74) is 0.544. The fraction of sp³-hybridized carbons (Fsp3) is 0.125. The lowest BCUT2D eigenvalue weighted by atomic mass is 10.2. The van der Waals surface area contributed by atoms with E-state index in [4.69, 9.17) is 21.5 Å². The minimum atomic E-state index is -0.126. The summed E-state index contributed by atoms with van der Waals surface area (Å²) < 4.78 is 4.84. The minimum Gasteiger partial charge on any atom is -0.503 e. The molecule has 0 saturated carbocycles. The molecule has 13 heavy (non-hydrogen) atoms. The van der Waals surface area contributed by atoms with E-state index < -0.39 is 0 Å². The third kappa shape index (κ3) is 2.03. The highest BCUT2D eigenvalue weighted by atomic mass is 35.5. The van der Waals surface area contributed by atoms with Gasteiger partial charge in [-0.3, -0.25) is 0 Å². The number of phenolic OH excluding ortho intramolecular Hbond substituents is 1. The van der Waals surface area contributed by atoms with Crippen LogP contribution >= 0.6 is 11.6 Å². The average molecular weight is 202 g/mol. The number of oxime groups is 1. The van der Waals surface area contributed by atoms with Gasteiger partial charge in [0.25, 0.3) is 0 Å². The zero-order chi connectivity index (χ0) is 9.84. The van der Waals surface area contributed by atoms with Crippen LogP contribution in [0.4, 0.5) is 0 Å². The zero-order valence-electron chi connectivity index (χ0n) is 6.86. The van der Waals surface area contributed by atoms with Gasteiger partial charge in [-0.05, 0) is 12.1 Å². The predicted molar refractivity (Wildman–Crippen MR) is 49.0 cm³/mol. The lowest BCUT2D eigenvalue weighted by molar-refractivity contribution is 0.322. The van der Waals surface area contributed by atoms with E-state index in [-0.39, 0.29) is 16.5 Å². The topological polar surface area (TPSA) is 62.0 Å². The van der Waals surface area contributed by atoms with Gasteiger partial charge in [-0.25, -0.2) is 0 Å². The molecule has 1 aromatic rings. The Labute approximate surface area is 80.0 Å². The maximum Gasteiger partial charge on any atom is 0.176 e. The van der Waals surface area contributed by atoms with Crippen LogP contribution in [0, 0.1) is 0 Å². The van der Waals surface area contributed by atoms with Crippen molar-refractivity contribution in [1.29, 1.82) is 0 Å². The minimum absolute atomic E-state index is 0.126. The molecule has 1 rings (SSSR count). The van der Waals surface area contributed by atoms with Crippen LogP contribution in [0.3, 0.4) is 0 Å². The number of phenols is 1. The smallest absolute Gasteiger partial charge is 0.176 e. The normalized spacial score (nSPS) is 10.6. The number of methoxy groups -OCH3 is 1. The van der Waals surface area contributed by atoms with Crippen LogP contribution in [-0.2, 0) is 0 Å². The first-order chi connectivity index (χ1) is 6.19. The van der Waals surface area contributed by atoms with E-state index >= 15 is 0 Å². The Hall–Kier alpha value is -1.42. The Kier molecular flexibility index (Phi) is 2.97. The molecular formula is C8H8ClNO3. The van der Waals surface area contributed by atoms with Crippen molar-refractivity contribution in [2.24, 2.45) is 5.16 Å². The van der Waals surface area contributed by atoms with E-state index in [2.05, 4.69) is 5.16 Å². The molecule has 0 saturated heterocycles. The van der Waals surface area contributed by atoms with Gasteiger partial charge in [0.15, 0.2) is 11.5 Å². The van der Waals surface area contributed by atoms with Gasteiger partial charge in [0, 0.05) is 5.56 Å². The number of hydrogen-bond donors (Lipinski definition) is 2. The molecule has 0 amide bonds. The van der Waals surface area contributed by atoms with Crippen molar-refractivity contribution in [1.82, 2.24) is 0 Å². The lowest BCUT2D eigenvalue weighted by Gasteiger charge is -2.05. The molecule has 0 spiro atoms. The Morgan fingerprint density at radius 3 is 2.77 bits per heavy atom. The van der Waals surface area contributed by atoms with Crippen molar-refractivity contribution in [3.63, 3.8) is 0 Å². The molecule has 4 nitrogen and oxygen atoms in total. The highest BCUT2D eigenvalue weighted by molar-refractivity contribution is 6.32. The SMILES string of the molecule is COc1cc(C=NO)cc(Cl)c1O. The molecule has 70 valence electrons. The van der Waals surface area contributed by atoms with Gasteiger partial charge >= 0.3 is 0 Å². The monoisotopic (exact) mass is 201 g/mol. The zero-order valence-corrected chi connectivity index (χ0v) is 7.62. The Balaban J connectivity index is 3.21. The van der Waals surface area contributed by atoms with E-state index in [0.29, 0.717) is 5.56 Å². The molecule has 0 aliphatic carbocycles. The van der Waals surface area contributed by atoms with Crippen LogP contribution in [0.25, 0.3) is 0 Å². The van der Waals surface area contributed by atoms with E-state index in [0.717, 1.165) is 0 Å². The molecule has 0 fully saturated rings. The number of ether oxygens (including phenoxy) is 1. The van der Waals surface area contributed by atoms with E-state index in [1.165, 1.54) is 25.5 Å². The van der Waals surface area contributed by atoms with Gasteiger partial charge in [0.1, 0.15) is 0 Å². The first kappa shape index (κ1) is 9.67. The molecule has 1 aromatic carbocycles. The Morgan fingerprint density at radius 1 is 1.54 bits per heavy atom. The number of halogens is 1. The Morgan fingerprint density at radius 2 is 2.23 bits per heavy atom. The summed E-state index contributed by atoms with van der Waals surface area (Å²) in [6.45, 7) is 0. The number of nitrogens with zero attached hydrogens (tertiary/aromatic N) is 1. The lowest BCUT2D eigenvalue weighted by Crippen LogP contribution is -1.88. The van der Waals surface area contributed by atoms with Crippen molar-refractivity contribution in [2.75, 3.05) is 7.11 Å². The highest BCUT2D eigenvalue weighted by Gasteiger charge is 2.07. The summed E-state index contributed by atoms with van der Waals surface area (Å²) in [6, 6.07) is 2.96. The standard InChI is InChI=1S/C8H8ClNO3/c1-13-7-3-5(4-10-12)2-6(9)8(7)11/h2-4,11-12H,1H3. The maximum absolute atomic E-state index is 9.33. The number of benzene rings is 1. The molecule has 5 heteroatoms. The maximum atomic E-state index is 9.33. The first-order valence-corrected chi connectivity index (χ1v) is 3.80. The van der Waals surface area contributed by atoms with E-state index in [9.17, 15) is 5.11 Å². The van der Waals surface area contributed by atoms with Gasteiger partial charge in [-0.2, -0.15) is 0 Å². The van der Waals surface area contributed by atoms with Gasteiger partial charge in [-0.15, -0.1) is 0 Å². The number of hydrogen-bond acceptors (Lipinski definition) is 4. The van der Waals surface area contributed by atoms with Gasteiger partial charge in [0.2, 0.25) is 0 Å². The molecular weight excluding hydrogens is 194 g/mol. The summed E-state index contributed by atoms with van der Waals surface area (Å²) in [7, 11) is 1.41. The second kappa shape index (κ2) is 4.00. The molecule has 2 N–H and O–H groups in total. The van der Waals surface area contributed by atoms with E-state index in [1.807, 2.05) is 0 Å². The molecule has 0 unspecified atom stereocenters. The Bertz CT molecular complexity index is 338. The molecule has 0 radical (unpaired) electrons. The summed E-state index contributed by atoms with van der Waals surface area (Å²) >= 11 is 5.66. The van der Waals surface area contributed by atoms with Crippen molar-refractivity contribution < 1.29 is 15.1 Å². The van der Waals surface area contributed by atoms with Gasteiger partial charge in [0.05, 0.1) is 18.3 Å². The van der Waals surface area contributed by atoms with Crippen LogP contribution in [0.5, 0.6) is 11.5 Å². The molecule has 0 aromatic heterocycles. The van der Waals surface area contributed by atoms with Gasteiger partial charge < -0.3 is 15.1 Å². The van der Waals surface area contributed by atoms with Crippen molar-refractivity contribution in [3.8, 4) is 11.5 Å². The van der Waals surface area contributed by atoms with Crippen molar-refractivity contribution in [3.05, 3.63) is 22.7 Å². The van der Waals surface area contributed by atoms with Crippen LogP contribution in [0.2, 0.25) is 5.02 Å². The van der Waals surface area contributed by atoms with Crippen molar-refractivity contribution in [2.45, 2.75) is 0 Å². The summed E-state index contributed by atoms with van der Waals surface area (Å²) in [5, 5.41) is 20.6. The van der Waals surface area contributed by atoms with Crippen molar-refractivity contribution >= 4 is 17.8 Å². The second-order valence-electron chi connectivity index (χ2n) is 2.30. The van der Waals surface area contributed by atoms with Crippen LogP contribution in [0.1, 0.15) is 5.56 Å². The molecule has 0 atom stereocenters. The third-order valence-corrected chi connectivity index (χ3v) is 1.77. The number of aromatic hydroxyl groups is 1. The predicted octanol–water partition coefficient (Wildman–Crippen LogP) is 1.86. The highest BCUT2D eigenvalue weighted by Crippen LogP contribution is 2.34. The number of rotatable bonds is 2.